The van der Waals surface area contributed by atoms with Crippen molar-refractivity contribution in [1.29, 1.82) is 0 Å². The van der Waals surface area contributed by atoms with E-state index in [9.17, 15) is 0 Å². The second-order valence-electron chi connectivity index (χ2n) is 5.33. The van der Waals surface area contributed by atoms with Gasteiger partial charge in [0.2, 0.25) is 0 Å². The Kier molecular flexibility index (Phi) is 3.61. The Hall–Kier alpha value is -0.763. The summed E-state index contributed by atoms with van der Waals surface area (Å²) < 4.78 is 5.60. The van der Waals surface area contributed by atoms with E-state index in [4.69, 9.17) is 4.74 Å². The van der Waals surface area contributed by atoms with Crippen molar-refractivity contribution in [2.24, 2.45) is 0 Å². The molecule has 0 aliphatic rings. The zero-order valence-corrected chi connectivity index (χ0v) is 11.9. The highest BCUT2D eigenvalue weighted by Gasteiger charge is 2.21. The monoisotopic (exact) mass is 222 g/mol. The van der Waals surface area contributed by atoms with Crippen molar-refractivity contribution in [2.75, 3.05) is 7.11 Å². The number of rotatable bonds is 2. The number of methoxy groups -OCH3 is 1. The summed E-state index contributed by atoms with van der Waals surface area (Å²) in [5, 5.41) is 1.44. The predicted molar refractivity (Wildman–Crippen MR) is 70.2 cm³/mol. The van der Waals surface area contributed by atoms with Crippen molar-refractivity contribution < 1.29 is 4.74 Å². The maximum absolute atomic E-state index is 5.60. The Morgan fingerprint density at radius 1 is 1.13 bits per heavy atom. The maximum atomic E-state index is 5.60. The largest absolute Gasteiger partial charge is 0.497 e. The van der Waals surface area contributed by atoms with Crippen molar-refractivity contribution >= 4 is 14.0 Å². The number of para-hydroxylation sites is 1. The second-order valence-corrected chi connectivity index (χ2v) is 8.26. The van der Waals surface area contributed by atoms with Gasteiger partial charge < -0.3 is 4.74 Å². The molecule has 1 aromatic rings. The van der Waals surface area contributed by atoms with Crippen LogP contribution in [0.3, 0.4) is 0 Å². The van der Waals surface area contributed by atoms with Crippen molar-refractivity contribution in [3.05, 3.63) is 23.8 Å². The van der Waals surface area contributed by atoms with Crippen LogP contribution < -0.4 is 9.92 Å². The Bertz CT molecular complexity index is 337. The molecule has 0 aliphatic heterocycles. The molecular weight excluding hydrogens is 200 g/mol. The Morgan fingerprint density at radius 2 is 1.73 bits per heavy atom. The van der Waals surface area contributed by atoms with Gasteiger partial charge in [-0.3, -0.25) is 0 Å². The smallest absolute Gasteiger partial charge is 0.121 e. The lowest BCUT2D eigenvalue weighted by atomic mass is 9.86. The molecule has 2 heteroatoms. The molecule has 0 aromatic heterocycles. The van der Waals surface area contributed by atoms with Gasteiger partial charge in [-0.25, -0.2) is 0 Å². The number of hydrogen-bond acceptors (Lipinski definition) is 1. The van der Waals surface area contributed by atoms with Crippen molar-refractivity contribution in [3.63, 3.8) is 0 Å². The fourth-order valence-electron chi connectivity index (χ4n) is 1.83. The van der Waals surface area contributed by atoms with Crippen molar-refractivity contribution in [1.82, 2.24) is 0 Å². The quantitative estimate of drug-likeness (QED) is 0.699. The van der Waals surface area contributed by atoms with Crippen molar-refractivity contribution in [2.45, 2.75) is 39.3 Å². The van der Waals surface area contributed by atoms with Gasteiger partial charge >= 0.3 is 0 Å². The van der Waals surface area contributed by atoms with E-state index in [0.717, 1.165) is 5.75 Å². The summed E-state index contributed by atoms with van der Waals surface area (Å²) in [6.07, 6.45) is 0. The topological polar surface area (TPSA) is 9.23 Å². The molecule has 1 rings (SSSR count). The van der Waals surface area contributed by atoms with Crippen LogP contribution in [-0.4, -0.2) is 15.9 Å². The standard InChI is InChI=1S/C13H22OSi/c1-13(2,3)10-8-7-9-11(15(5)6)12(10)14-4/h7-9,15H,1-6H3. The lowest BCUT2D eigenvalue weighted by Crippen LogP contribution is -2.27. The summed E-state index contributed by atoms with van der Waals surface area (Å²) in [5.74, 6) is 1.12. The molecule has 0 saturated heterocycles. The fraction of sp³-hybridized carbons (Fsp3) is 0.538. The van der Waals surface area contributed by atoms with E-state index >= 15 is 0 Å². The van der Waals surface area contributed by atoms with E-state index < -0.39 is 8.80 Å². The molecule has 0 aliphatic carbocycles. The third-order valence-corrected chi connectivity index (χ3v) is 4.38. The molecule has 15 heavy (non-hydrogen) atoms. The minimum absolute atomic E-state index is 0.157. The molecule has 0 bridgehead atoms. The van der Waals surface area contributed by atoms with E-state index in [-0.39, 0.29) is 5.41 Å². The van der Waals surface area contributed by atoms with E-state index in [2.05, 4.69) is 52.1 Å². The lowest BCUT2D eigenvalue weighted by Gasteiger charge is -2.24. The van der Waals surface area contributed by atoms with Crippen LogP contribution in [0, 0.1) is 0 Å². The zero-order chi connectivity index (χ0) is 11.6. The van der Waals surface area contributed by atoms with Gasteiger partial charge in [0.05, 0.1) is 15.9 Å². The molecule has 84 valence electrons. The highest BCUT2D eigenvalue weighted by molar-refractivity contribution is 6.71. The molecule has 0 saturated carbocycles. The second kappa shape index (κ2) is 4.39. The third-order valence-electron chi connectivity index (χ3n) is 2.68. The highest BCUT2D eigenvalue weighted by atomic mass is 28.3. The molecule has 0 amide bonds. The summed E-state index contributed by atoms with van der Waals surface area (Å²) in [5.41, 5.74) is 1.48. The first-order valence-electron chi connectivity index (χ1n) is 5.55. The average molecular weight is 222 g/mol. The van der Waals surface area contributed by atoms with E-state index in [1.165, 1.54) is 10.8 Å². The Morgan fingerprint density at radius 3 is 2.13 bits per heavy atom. The third kappa shape index (κ3) is 2.62. The lowest BCUT2D eigenvalue weighted by molar-refractivity contribution is 0.401. The molecule has 0 unspecified atom stereocenters. The van der Waals surface area contributed by atoms with Gasteiger partial charge in [0.15, 0.2) is 0 Å². The van der Waals surface area contributed by atoms with Gasteiger partial charge in [0, 0.05) is 0 Å². The molecule has 0 fully saturated rings. The molecule has 0 N–H and O–H groups in total. The van der Waals surface area contributed by atoms with Gasteiger partial charge in [-0.1, -0.05) is 52.1 Å². The highest BCUT2D eigenvalue weighted by Crippen LogP contribution is 2.29. The summed E-state index contributed by atoms with van der Waals surface area (Å²) in [6, 6.07) is 6.55. The fourth-order valence-corrected chi connectivity index (χ4v) is 3.12. The normalized spacial score (nSPS) is 11.9. The van der Waals surface area contributed by atoms with Crippen LogP contribution in [0.2, 0.25) is 13.1 Å². The first-order valence-corrected chi connectivity index (χ1v) is 8.44. The summed E-state index contributed by atoms with van der Waals surface area (Å²) >= 11 is 0. The number of hydrogen-bond donors (Lipinski definition) is 0. The molecule has 0 atom stereocenters. The molecule has 1 aromatic carbocycles. The van der Waals surface area contributed by atoms with Crippen LogP contribution in [0.4, 0.5) is 0 Å². The van der Waals surface area contributed by atoms with Gasteiger partial charge in [0.1, 0.15) is 5.75 Å². The van der Waals surface area contributed by atoms with E-state index in [0.29, 0.717) is 0 Å². The van der Waals surface area contributed by atoms with Crippen molar-refractivity contribution in [3.8, 4) is 5.75 Å². The summed E-state index contributed by atoms with van der Waals surface area (Å²) in [6.45, 7) is 11.4. The van der Waals surface area contributed by atoms with Gasteiger partial charge in [-0.05, 0) is 16.2 Å². The summed E-state index contributed by atoms with van der Waals surface area (Å²) in [7, 11) is 0.972. The maximum Gasteiger partial charge on any atom is 0.121 e. The zero-order valence-electron chi connectivity index (χ0n) is 10.7. The first kappa shape index (κ1) is 12.3. The first-order chi connectivity index (χ1) is 6.88. The molecule has 0 radical (unpaired) electrons. The van der Waals surface area contributed by atoms with Gasteiger partial charge in [-0.2, -0.15) is 0 Å². The van der Waals surface area contributed by atoms with Gasteiger partial charge in [0.25, 0.3) is 0 Å². The van der Waals surface area contributed by atoms with Crippen LogP contribution in [0.1, 0.15) is 26.3 Å². The van der Waals surface area contributed by atoms with Crippen LogP contribution in [0.25, 0.3) is 0 Å². The van der Waals surface area contributed by atoms with Crippen LogP contribution in [0.15, 0.2) is 18.2 Å². The molecule has 0 heterocycles. The predicted octanol–water partition coefficient (Wildman–Crippen LogP) is 2.69. The van der Waals surface area contributed by atoms with E-state index in [1.54, 1.807) is 7.11 Å². The van der Waals surface area contributed by atoms with Crippen LogP contribution in [-0.2, 0) is 5.41 Å². The average Bonchev–Trinajstić information content (AvgIpc) is 2.15. The molecule has 1 nitrogen and oxygen atoms in total. The summed E-state index contributed by atoms with van der Waals surface area (Å²) in [4.78, 5) is 0. The van der Waals surface area contributed by atoms with Gasteiger partial charge in [-0.15, -0.1) is 0 Å². The minimum atomic E-state index is -0.811. The van der Waals surface area contributed by atoms with E-state index in [1.807, 2.05) is 0 Å². The molecular formula is C13H22OSi. The minimum Gasteiger partial charge on any atom is -0.497 e. The SMILES string of the molecule is COc1c([SiH](C)C)cccc1C(C)(C)C. The number of ether oxygens (including phenoxy) is 1. The number of benzene rings is 1. The van der Waals surface area contributed by atoms with Crippen LogP contribution in [0.5, 0.6) is 5.75 Å². The molecule has 0 spiro atoms. The Labute approximate surface area is 95.1 Å². The Balaban J connectivity index is 3.35. The van der Waals surface area contributed by atoms with Crippen LogP contribution >= 0.6 is 0 Å².